The van der Waals surface area contributed by atoms with Crippen LogP contribution >= 0.6 is 0 Å². The van der Waals surface area contributed by atoms with E-state index in [1.54, 1.807) is 19.2 Å². The van der Waals surface area contributed by atoms with Crippen LogP contribution in [-0.2, 0) is 0 Å². The van der Waals surface area contributed by atoms with E-state index in [-0.39, 0.29) is 11.5 Å². The minimum Gasteiger partial charge on any atom is -0.387 e. The molecule has 0 aliphatic rings. The lowest BCUT2D eigenvalue weighted by Gasteiger charge is -2.09. The number of nitrogens with one attached hydrogen (secondary N) is 2. The van der Waals surface area contributed by atoms with Gasteiger partial charge >= 0.3 is 0 Å². The quantitative estimate of drug-likeness (QED) is 0.871. The van der Waals surface area contributed by atoms with Crippen LogP contribution in [0.25, 0.3) is 0 Å². The lowest BCUT2D eigenvalue weighted by molar-refractivity contribution is 0.102. The van der Waals surface area contributed by atoms with Crippen LogP contribution in [0.5, 0.6) is 0 Å². The Hall–Kier alpha value is -2.36. The zero-order valence-electron chi connectivity index (χ0n) is 9.91. The molecular weight excluding hydrogens is 231 g/mol. The molecule has 4 heteroatoms. The van der Waals surface area contributed by atoms with Crippen molar-refractivity contribution >= 4 is 17.3 Å². The second-order valence-corrected chi connectivity index (χ2v) is 3.76. The molecule has 18 heavy (non-hydrogen) atoms. The number of benzene rings is 2. The first kappa shape index (κ1) is 12.1. The normalized spacial score (nSPS) is 9.89. The van der Waals surface area contributed by atoms with Crippen LogP contribution < -0.4 is 10.6 Å². The van der Waals surface area contributed by atoms with Gasteiger partial charge in [-0.1, -0.05) is 18.2 Å². The van der Waals surface area contributed by atoms with Gasteiger partial charge in [-0.05, 0) is 30.3 Å². The molecule has 0 radical (unpaired) electrons. The van der Waals surface area contributed by atoms with E-state index in [1.807, 2.05) is 18.2 Å². The predicted octanol–water partition coefficient (Wildman–Crippen LogP) is 3.12. The van der Waals surface area contributed by atoms with Crippen molar-refractivity contribution in [2.45, 2.75) is 0 Å². The monoisotopic (exact) mass is 244 g/mol. The van der Waals surface area contributed by atoms with E-state index in [1.165, 1.54) is 18.2 Å². The lowest BCUT2D eigenvalue weighted by Crippen LogP contribution is -2.14. The van der Waals surface area contributed by atoms with Gasteiger partial charge in [0.15, 0.2) is 0 Å². The van der Waals surface area contributed by atoms with E-state index in [2.05, 4.69) is 10.6 Å². The van der Waals surface area contributed by atoms with Crippen LogP contribution in [0, 0.1) is 5.82 Å². The molecule has 1 amide bonds. The van der Waals surface area contributed by atoms with Gasteiger partial charge in [-0.2, -0.15) is 0 Å². The highest BCUT2D eigenvalue weighted by atomic mass is 19.1. The molecule has 0 bridgehead atoms. The van der Waals surface area contributed by atoms with Gasteiger partial charge in [0.2, 0.25) is 0 Å². The minimum atomic E-state index is -0.438. The van der Waals surface area contributed by atoms with Gasteiger partial charge in [-0.25, -0.2) is 4.39 Å². The molecule has 0 aromatic heterocycles. The summed E-state index contributed by atoms with van der Waals surface area (Å²) in [5.41, 5.74) is 1.54. The Balaban J connectivity index is 2.26. The molecular formula is C14H13FN2O. The van der Waals surface area contributed by atoms with E-state index in [0.29, 0.717) is 11.4 Å². The van der Waals surface area contributed by atoms with Crippen molar-refractivity contribution in [1.82, 2.24) is 0 Å². The van der Waals surface area contributed by atoms with E-state index in [0.717, 1.165) is 0 Å². The summed E-state index contributed by atoms with van der Waals surface area (Å²) in [7, 11) is 1.69. The van der Waals surface area contributed by atoms with Gasteiger partial charge in [-0.15, -0.1) is 0 Å². The molecule has 2 N–H and O–H groups in total. The van der Waals surface area contributed by atoms with Crippen LogP contribution in [0.2, 0.25) is 0 Å². The van der Waals surface area contributed by atoms with Crippen molar-refractivity contribution in [2.75, 3.05) is 17.7 Å². The first-order valence-corrected chi connectivity index (χ1v) is 5.54. The van der Waals surface area contributed by atoms with Crippen molar-refractivity contribution in [2.24, 2.45) is 0 Å². The van der Waals surface area contributed by atoms with E-state index in [4.69, 9.17) is 0 Å². The van der Waals surface area contributed by atoms with Gasteiger partial charge in [0.1, 0.15) is 5.82 Å². The van der Waals surface area contributed by atoms with Crippen molar-refractivity contribution < 1.29 is 9.18 Å². The number of hydrogen-bond acceptors (Lipinski definition) is 2. The van der Waals surface area contributed by atoms with Crippen molar-refractivity contribution in [3.8, 4) is 0 Å². The van der Waals surface area contributed by atoms with Crippen LogP contribution in [0.3, 0.4) is 0 Å². The summed E-state index contributed by atoms with van der Waals surface area (Å²) in [4.78, 5) is 12.0. The fourth-order valence-electron chi connectivity index (χ4n) is 1.64. The van der Waals surface area contributed by atoms with Crippen molar-refractivity contribution in [3.05, 3.63) is 59.9 Å². The first-order valence-electron chi connectivity index (χ1n) is 5.54. The zero-order chi connectivity index (χ0) is 13.0. The molecule has 2 aromatic carbocycles. The maximum atomic E-state index is 13.2. The second kappa shape index (κ2) is 5.31. The summed E-state index contributed by atoms with van der Waals surface area (Å²) in [6, 6.07) is 13.1. The largest absolute Gasteiger partial charge is 0.387 e. The van der Waals surface area contributed by atoms with E-state index < -0.39 is 5.82 Å². The fourth-order valence-corrected chi connectivity index (χ4v) is 1.64. The van der Waals surface area contributed by atoms with Crippen molar-refractivity contribution in [3.63, 3.8) is 0 Å². The highest BCUT2D eigenvalue weighted by molar-refractivity contribution is 6.08. The number of anilines is 2. The van der Waals surface area contributed by atoms with Crippen molar-refractivity contribution in [1.29, 1.82) is 0 Å². The van der Waals surface area contributed by atoms with Gasteiger partial charge in [0.25, 0.3) is 5.91 Å². The van der Waals surface area contributed by atoms with Crippen LogP contribution in [0.1, 0.15) is 10.4 Å². The molecule has 0 unspecified atom stereocenters. The molecule has 0 spiro atoms. The summed E-state index contributed by atoms with van der Waals surface area (Å²) in [5.74, 6) is -0.780. The number of halogens is 1. The number of hydrogen-bond donors (Lipinski definition) is 2. The molecule has 3 nitrogen and oxygen atoms in total. The summed E-state index contributed by atoms with van der Waals surface area (Å²) in [6.07, 6.45) is 0. The number of carbonyl (C=O) groups excluding carboxylic acids is 1. The number of amides is 1. The zero-order valence-corrected chi connectivity index (χ0v) is 9.91. The topological polar surface area (TPSA) is 41.1 Å². The van der Waals surface area contributed by atoms with E-state index >= 15 is 0 Å². The smallest absolute Gasteiger partial charge is 0.257 e. The van der Waals surface area contributed by atoms with Crippen LogP contribution in [-0.4, -0.2) is 13.0 Å². The Bertz CT molecular complexity index is 555. The Morgan fingerprint density at radius 3 is 2.50 bits per heavy atom. The third-order valence-electron chi connectivity index (χ3n) is 2.53. The average Bonchev–Trinajstić information content (AvgIpc) is 2.40. The summed E-state index contributed by atoms with van der Waals surface area (Å²) < 4.78 is 13.2. The molecule has 0 aliphatic carbocycles. The summed E-state index contributed by atoms with van der Waals surface area (Å²) in [6.45, 7) is 0. The average molecular weight is 244 g/mol. The standard InChI is InChI=1S/C14H13FN2O/c1-16-13-8-7-10(15)9-12(13)14(18)17-11-5-3-2-4-6-11/h2-9,16H,1H3,(H,17,18). The molecule has 92 valence electrons. The SMILES string of the molecule is CNc1ccc(F)cc1C(=O)Nc1ccccc1. The maximum Gasteiger partial charge on any atom is 0.257 e. The Labute approximate surface area is 105 Å². The highest BCUT2D eigenvalue weighted by Crippen LogP contribution is 2.18. The third kappa shape index (κ3) is 2.66. The molecule has 0 fully saturated rings. The van der Waals surface area contributed by atoms with Gasteiger partial charge in [-0.3, -0.25) is 4.79 Å². The Kier molecular flexibility index (Phi) is 3.57. The summed E-state index contributed by atoms with van der Waals surface area (Å²) in [5, 5.41) is 5.58. The van der Waals surface area contributed by atoms with Crippen LogP contribution in [0.4, 0.5) is 15.8 Å². The highest BCUT2D eigenvalue weighted by Gasteiger charge is 2.11. The van der Waals surface area contributed by atoms with Gasteiger partial charge < -0.3 is 10.6 Å². The molecule has 0 heterocycles. The van der Waals surface area contributed by atoms with E-state index in [9.17, 15) is 9.18 Å². The number of para-hydroxylation sites is 1. The fraction of sp³-hybridized carbons (Fsp3) is 0.0714. The van der Waals surface area contributed by atoms with Crippen LogP contribution in [0.15, 0.2) is 48.5 Å². The Morgan fingerprint density at radius 2 is 1.83 bits per heavy atom. The minimum absolute atomic E-state index is 0.279. The Morgan fingerprint density at radius 1 is 1.11 bits per heavy atom. The van der Waals surface area contributed by atoms with Gasteiger partial charge in [0.05, 0.1) is 5.56 Å². The molecule has 0 saturated heterocycles. The molecule has 0 atom stereocenters. The molecule has 2 aromatic rings. The predicted molar refractivity (Wildman–Crippen MR) is 70.3 cm³/mol. The maximum absolute atomic E-state index is 13.2. The second-order valence-electron chi connectivity index (χ2n) is 3.76. The number of carbonyl (C=O) groups is 1. The summed E-state index contributed by atoms with van der Waals surface area (Å²) >= 11 is 0. The molecule has 2 rings (SSSR count). The lowest BCUT2D eigenvalue weighted by atomic mass is 10.1. The third-order valence-corrected chi connectivity index (χ3v) is 2.53. The molecule has 0 aliphatic heterocycles. The van der Waals surface area contributed by atoms with Gasteiger partial charge in [0, 0.05) is 18.4 Å². The number of rotatable bonds is 3. The molecule has 0 saturated carbocycles. The first-order chi connectivity index (χ1) is 8.70.